The van der Waals surface area contributed by atoms with Gasteiger partial charge in [-0.1, -0.05) is 45.7 Å². The molecule has 0 atom stereocenters. The minimum Gasteiger partial charge on any atom is -0.454 e. The number of hydrogen-bond donors (Lipinski definition) is 0. The molecule has 0 aromatic heterocycles. The number of alkyl halides is 1. The molecule has 2 aromatic rings. The van der Waals surface area contributed by atoms with E-state index in [4.69, 9.17) is 16.3 Å². The second kappa shape index (κ2) is 5.52. The Morgan fingerprint density at radius 2 is 1.94 bits per heavy atom. The van der Waals surface area contributed by atoms with Gasteiger partial charge in [-0.3, -0.25) is 0 Å². The van der Waals surface area contributed by atoms with Crippen LogP contribution in [0.3, 0.4) is 0 Å². The third kappa shape index (κ3) is 2.99. The van der Waals surface area contributed by atoms with Crippen LogP contribution in [0.15, 0.2) is 42.5 Å². The number of para-hydroxylation sites is 1. The summed E-state index contributed by atoms with van der Waals surface area (Å²) in [7, 11) is 0. The van der Waals surface area contributed by atoms with Gasteiger partial charge in [0, 0.05) is 10.4 Å². The molecule has 0 fully saturated rings. The smallest absolute Gasteiger partial charge is 0.165 e. The molecule has 2 aromatic carbocycles. The van der Waals surface area contributed by atoms with Gasteiger partial charge in [0.15, 0.2) is 11.6 Å². The van der Waals surface area contributed by atoms with Crippen LogP contribution in [-0.2, 0) is 5.33 Å². The first-order valence-electron chi connectivity index (χ1n) is 4.97. The summed E-state index contributed by atoms with van der Waals surface area (Å²) in [6.45, 7) is 0. The van der Waals surface area contributed by atoms with E-state index < -0.39 is 5.82 Å². The van der Waals surface area contributed by atoms with Crippen molar-refractivity contribution in [2.45, 2.75) is 5.33 Å². The SMILES string of the molecule is Fc1ccccc1Oc1ccc(CBr)c(Cl)c1. The zero-order valence-electron chi connectivity index (χ0n) is 8.79. The summed E-state index contributed by atoms with van der Waals surface area (Å²) in [5.41, 5.74) is 0.965. The van der Waals surface area contributed by atoms with Crippen molar-refractivity contribution in [3.8, 4) is 11.5 Å². The van der Waals surface area contributed by atoms with Crippen molar-refractivity contribution in [1.29, 1.82) is 0 Å². The highest BCUT2D eigenvalue weighted by Crippen LogP contribution is 2.29. The third-order valence-corrected chi connectivity index (χ3v) is 3.19. The summed E-state index contributed by atoms with van der Waals surface area (Å²) in [5, 5.41) is 1.27. The maximum atomic E-state index is 13.4. The summed E-state index contributed by atoms with van der Waals surface area (Å²) >= 11 is 9.36. The topological polar surface area (TPSA) is 9.23 Å². The van der Waals surface area contributed by atoms with Gasteiger partial charge < -0.3 is 4.74 Å². The minimum atomic E-state index is -0.395. The fourth-order valence-electron chi connectivity index (χ4n) is 1.35. The molecule has 0 bridgehead atoms. The Morgan fingerprint density at radius 1 is 1.18 bits per heavy atom. The van der Waals surface area contributed by atoms with Crippen LogP contribution in [0.1, 0.15) is 5.56 Å². The average molecular weight is 316 g/mol. The molecule has 0 spiro atoms. The molecule has 0 aliphatic heterocycles. The molecule has 2 rings (SSSR count). The summed E-state index contributed by atoms with van der Waals surface area (Å²) in [6, 6.07) is 11.5. The van der Waals surface area contributed by atoms with Gasteiger partial charge in [-0.05, 0) is 29.8 Å². The summed E-state index contributed by atoms with van der Waals surface area (Å²) in [4.78, 5) is 0. The molecule has 0 saturated heterocycles. The highest BCUT2D eigenvalue weighted by Gasteiger charge is 2.05. The van der Waals surface area contributed by atoms with Crippen molar-refractivity contribution in [3.05, 3.63) is 58.9 Å². The number of hydrogen-bond acceptors (Lipinski definition) is 1. The van der Waals surface area contributed by atoms with Crippen LogP contribution < -0.4 is 4.74 Å². The van der Waals surface area contributed by atoms with E-state index in [1.54, 1.807) is 30.3 Å². The predicted octanol–water partition coefficient (Wildman–Crippen LogP) is 5.17. The first kappa shape index (κ1) is 12.4. The molecule has 0 aliphatic rings. The van der Waals surface area contributed by atoms with Gasteiger partial charge in [-0.25, -0.2) is 4.39 Å². The van der Waals surface area contributed by atoms with E-state index >= 15 is 0 Å². The van der Waals surface area contributed by atoms with Crippen molar-refractivity contribution < 1.29 is 9.13 Å². The second-order valence-electron chi connectivity index (χ2n) is 3.42. The lowest BCUT2D eigenvalue weighted by atomic mass is 10.2. The van der Waals surface area contributed by atoms with Gasteiger partial charge in [-0.2, -0.15) is 0 Å². The van der Waals surface area contributed by atoms with E-state index in [0.29, 0.717) is 16.1 Å². The normalized spacial score (nSPS) is 10.3. The lowest BCUT2D eigenvalue weighted by molar-refractivity contribution is 0.442. The van der Waals surface area contributed by atoms with Crippen molar-refractivity contribution in [1.82, 2.24) is 0 Å². The lowest BCUT2D eigenvalue weighted by Gasteiger charge is -2.08. The Labute approximate surface area is 112 Å². The monoisotopic (exact) mass is 314 g/mol. The lowest BCUT2D eigenvalue weighted by Crippen LogP contribution is -1.89. The fraction of sp³-hybridized carbons (Fsp3) is 0.0769. The number of halogens is 3. The molecular formula is C13H9BrClFO. The summed E-state index contributed by atoms with van der Waals surface area (Å²) < 4.78 is 18.8. The van der Waals surface area contributed by atoms with Crippen molar-refractivity contribution in [2.75, 3.05) is 0 Å². The maximum absolute atomic E-state index is 13.4. The fourth-order valence-corrected chi connectivity index (χ4v) is 2.24. The average Bonchev–Trinajstić information content (AvgIpc) is 2.32. The first-order chi connectivity index (χ1) is 8.20. The van der Waals surface area contributed by atoms with Crippen LogP contribution in [0.4, 0.5) is 4.39 Å². The summed E-state index contributed by atoms with van der Waals surface area (Å²) in [5.74, 6) is 0.313. The molecule has 0 saturated carbocycles. The van der Waals surface area contributed by atoms with Gasteiger partial charge in [0.25, 0.3) is 0 Å². The molecule has 1 nitrogen and oxygen atoms in total. The maximum Gasteiger partial charge on any atom is 0.165 e. The van der Waals surface area contributed by atoms with E-state index in [9.17, 15) is 4.39 Å². The minimum absolute atomic E-state index is 0.190. The highest BCUT2D eigenvalue weighted by atomic mass is 79.9. The van der Waals surface area contributed by atoms with Crippen LogP contribution in [-0.4, -0.2) is 0 Å². The Bertz CT molecular complexity index is 531. The zero-order chi connectivity index (χ0) is 12.3. The quantitative estimate of drug-likeness (QED) is 0.710. The highest BCUT2D eigenvalue weighted by molar-refractivity contribution is 9.08. The van der Waals surface area contributed by atoms with Crippen molar-refractivity contribution in [2.24, 2.45) is 0 Å². The second-order valence-corrected chi connectivity index (χ2v) is 4.39. The molecular weight excluding hydrogens is 306 g/mol. The van der Waals surface area contributed by atoms with Gasteiger partial charge in [0.2, 0.25) is 0 Å². The molecule has 0 N–H and O–H groups in total. The number of ether oxygens (including phenoxy) is 1. The Balaban J connectivity index is 2.25. The van der Waals surface area contributed by atoms with E-state index in [-0.39, 0.29) is 5.75 Å². The van der Waals surface area contributed by atoms with E-state index in [2.05, 4.69) is 15.9 Å². The van der Waals surface area contributed by atoms with Crippen LogP contribution in [0.5, 0.6) is 11.5 Å². The van der Waals surface area contributed by atoms with Crippen molar-refractivity contribution >= 4 is 27.5 Å². The van der Waals surface area contributed by atoms with Gasteiger partial charge in [0.05, 0.1) is 0 Å². The number of benzene rings is 2. The molecule has 4 heteroatoms. The zero-order valence-corrected chi connectivity index (χ0v) is 11.1. The van der Waals surface area contributed by atoms with E-state index in [0.717, 1.165) is 5.56 Å². The Kier molecular flexibility index (Phi) is 4.02. The Hall–Kier alpha value is -1.06. The molecule has 0 radical (unpaired) electrons. The van der Waals surface area contributed by atoms with E-state index in [1.807, 2.05) is 6.07 Å². The van der Waals surface area contributed by atoms with Crippen LogP contribution >= 0.6 is 27.5 Å². The van der Waals surface area contributed by atoms with Gasteiger partial charge >= 0.3 is 0 Å². The molecule has 0 heterocycles. The predicted molar refractivity (Wildman–Crippen MR) is 70.6 cm³/mol. The van der Waals surface area contributed by atoms with Gasteiger partial charge in [0.1, 0.15) is 5.75 Å². The molecule has 0 unspecified atom stereocenters. The van der Waals surface area contributed by atoms with Gasteiger partial charge in [-0.15, -0.1) is 0 Å². The first-order valence-corrected chi connectivity index (χ1v) is 6.47. The van der Waals surface area contributed by atoms with Crippen LogP contribution in [0.2, 0.25) is 5.02 Å². The van der Waals surface area contributed by atoms with Crippen LogP contribution in [0, 0.1) is 5.82 Å². The van der Waals surface area contributed by atoms with E-state index in [1.165, 1.54) is 6.07 Å². The molecule has 17 heavy (non-hydrogen) atoms. The van der Waals surface area contributed by atoms with Crippen LogP contribution in [0.25, 0.3) is 0 Å². The molecule has 0 amide bonds. The number of rotatable bonds is 3. The van der Waals surface area contributed by atoms with Crippen molar-refractivity contribution in [3.63, 3.8) is 0 Å². The Morgan fingerprint density at radius 3 is 2.59 bits per heavy atom. The summed E-state index contributed by atoms with van der Waals surface area (Å²) in [6.07, 6.45) is 0. The molecule has 0 aliphatic carbocycles. The standard InChI is InChI=1S/C13H9BrClFO/c14-8-9-5-6-10(7-11(9)15)17-13-4-2-1-3-12(13)16/h1-7H,8H2. The molecule has 88 valence electrons. The third-order valence-electron chi connectivity index (χ3n) is 2.23. The largest absolute Gasteiger partial charge is 0.454 e.